The molecule has 4 heterocycles. The number of nitrogens with two attached hydrogens (primary N) is 1. The van der Waals surface area contributed by atoms with Crippen molar-refractivity contribution < 1.29 is 14.3 Å². The van der Waals surface area contributed by atoms with Crippen molar-refractivity contribution in [3.63, 3.8) is 0 Å². The first-order valence-corrected chi connectivity index (χ1v) is 18.5. The molecule has 1 amide bonds. The minimum absolute atomic E-state index is 0.0301. The van der Waals surface area contributed by atoms with Gasteiger partial charge in [0, 0.05) is 38.0 Å². The minimum Gasteiger partial charge on any atom is -0.383 e. The average Bonchev–Trinajstić information content (AvgIpc) is 3.50. The average molecular weight is 564 g/mol. The number of nitrogens with zero attached hydrogens (tertiary/aromatic N) is 4. The fraction of sp³-hybridized carbons (Fsp3) is 0.581. The molecule has 5 rings (SSSR count). The second-order valence-electron chi connectivity index (χ2n) is 12.7. The highest BCUT2D eigenvalue weighted by Gasteiger charge is 2.31. The van der Waals surface area contributed by atoms with Crippen molar-refractivity contribution in [2.45, 2.75) is 111 Å². The highest BCUT2D eigenvalue weighted by atomic mass is 28.3. The van der Waals surface area contributed by atoms with Crippen LogP contribution in [0.3, 0.4) is 0 Å². The van der Waals surface area contributed by atoms with Crippen molar-refractivity contribution in [3.05, 3.63) is 52.0 Å². The number of aromatic nitrogens is 3. The Kier molecular flexibility index (Phi) is 8.36. The molecule has 2 aliphatic rings. The maximum absolute atomic E-state index is 14.5. The third-order valence-corrected chi connectivity index (χ3v) is 10.1. The molecule has 0 spiro atoms. The van der Waals surface area contributed by atoms with E-state index in [1.165, 1.54) is 24.0 Å². The van der Waals surface area contributed by atoms with Crippen molar-refractivity contribution >= 4 is 30.8 Å². The molecule has 1 fully saturated rings. The number of aryl methyl sites for hydroxylation is 1. The molecule has 1 aliphatic heterocycles. The molecule has 216 valence electrons. The Bertz CT molecular complexity index is 1390. The smallest absolute Gasteiger partial charge is 0.271 e. The van der Waals surface area contributed by atoms with Gasteiger partial charge in [-0.2, -0.15) is 0 Å². The van der Waals surface area contributed by atoms with Crippen LogP contribution in [0.15, 0.2) is 18.3 Å². The van der Waals surface area contributed by atoms with Crippen LogP contribution in [-0.2, 0) is 36.0 Å². The first-order valence-electron chi connectivity index (χ1n) is 14.8. The quantitative estimate of drug-likeness (QED) is 0.203. The fourth-order valence-corrected chi connectivity index (χ4v) is 6.56. The number of anilines is 1. The lowest BCUT2D eigenvalue weighted by Crippen LogP contribution is -2.40. The Balaban J connectivity index is 1.52. The maximum Gasteiger partial charge on any atom is 0.271 e. The van der Waals surface area contributed by atoms with E-state index in [0.717, 1.165) is 41.2 Å². The zero-order valence-electron chi connectivity index (χ0n) is 25.0. The second kappa shape index (κ2) is 11.6. The molecule has 2 N–H and O–H groups in total. The van der Waals surface area contributed by atoms with E-state index in [-0.39, 0.29) is 18.7 Å². The van der Waals surface area contributed by atoms with Gasteiger partial charge in [-0.15, -0.1) is 0 Å². The number of ether oxygens (including phenoxy) is 2. The predicted octanol–water partition coefficient (Wildman–Crippen LogP) is 6.37. The van der Waals surface area contributed by atoms with Gasteiger partial charge in [0.1, 0.15) is 18.2 Å². The number of amides is 1. The summed E-state index contributed by atoms with van der Waals surface area (Å²) in [6, 6.07) is 5.20. The highest BCUT2D eigenvalue weighted by Crippen LogP contribution is 2.41. The van der Waals surface area contributed by atoms with Crippen LogP contribution in [0.25, 0.3) is 11.0 Å². The van der Waals surface area contributed by atoms with Gasteiger partial charge in [-0.25, -0.2) is 4.98 Å². The third kappa shape index (κ3) is 5.97. The van der Waals surface area contributed by atoms with Crippen LogP contribution in [0.4, 0.5) is 5.82 Å². The summed E-state index contributed by atoms with van der Waals surface area (Å²) in [5.41, 5.74) is 14.0. The molecule has 0 bridgehead atoms. The molecular formula is C31H45N5O3Si. The Morgan fingerprint density at radius 2 is 1.93 bits per heavy atom. The van der Waals surface area contributed by atoms with E-state index >= 15 is 0 Å². The number of nitrogen functional groups attached to an aromatic ring is 1. The summed E-state index contributed by atoms with van der Waals surface area (Å²) < 4.78 is 14.0. The van der Waals surface area contributed by atoms with E-state index in [1.54, 1.807) is 0 Å². The molecule has 40 heavy (non-hydrogen) atoms. The monoisotopic (exact) mass is 563 g/mol. The number of carbonyl (C=O) groups is 1. The SMILES string of the molecule is CCC(CC)N(Cc1cc(C)c(C2CC2)cn1)C(=O)c1cc2nc(N)c3c(c2n1COCC[Si](C)(C)C)COC3. The van der Waals surface area contributed by atoms with Gasteiger partial charge in [0.2, 0.25) is 0 Å². The summed E-state index contributed by atoms with van der Waals surface area (Å²) in [4.78, 5) is 26.0. The molecule has 9 heteroatoms. The molecule has 0 radical (unpaired) electrons. The van der Waals surface area contributed by atoms with Crippen LogP contribution in [0.1, 0.15) is 83.9 Å². The topological polar surface area (TPSA) is 95.5 Å². The standard InChI is InChI=1S/C31H45N5O3Si/c1-7-23(8-2)35(16-22-13-20(3)24(15-33-22)21-9-10-21)31(37)28-14-27-29(25-17-39-18-26(25)30(32)34-27)36(28)19-38-11-12-40(4,5)6/h13-15,21,23H,7-12,16-19H2,1-6H3,(H2,32,34). The van der Waals surface area contributed by atoms with Crippen molar-refractivity contribution in [1.29, 1.82) is 0 Å². The van der Waals surface area contributed by atoms with Gasteiger partial charge >= 0.3 is 0 Å². The van der Waals surface area contributed by atoms with Crippen molar-refractivity contribution in [3.8, 4) is 0 Å². The van der Waals surface area contributed by atoms with Crippen LogP contribution in [0, 0.1) is 6.92 Å². The first kappa shape index (κ1) is 28.8. The predicted molar refractivity (Wildman–Crippen MR) is 162 cm³/mol. The lowest BCUT2D eigenvalue weighted by molar-refractivity contribution is 0.0590. The third-order valence-electron chi connectivity index (χ3n) is 8.41. The Morgan fingerprint density at radius 3 is 2.58 bits per heavy atom. The highest BCUT2D eigenvalue weighted by molar-refractivity contribution is 6.76. The lowest BCUT2D eigenvalue weighted by atomic mass is 10.1. The van der Waals surface area contributed by atoms with Crippen molar-refractivity contribution in [2.24, 2.45) is 0 Å². The van der Waals surface area contributed by atoms with Crippen molar-refractivity contribution in [2.75, 3.05) is 12.3 Å². The van der Waals surface area contributed by atoms with Gasteiger partial charge in [0.15, 0.2) is 0 Å². The maximum atomic E-state index is 14.5. The molecule has 1 saturated carbocycles. The van der Waals surface area contributed by atoms with E-state index in [2.05, 4.69) is 46.5 Å². The zero-order chi connectivity index (χ0) is 28.6. The number of rotatable bonds is 12. The summed E-state index contributed by atoms with van der Waals surface area (Å²) in [6.45, 7) is 15.8. The fourth-order valence-electron chi connectivity index (χ4n) is 5.80. The van der Waals surface area contributed by atoms with E-state index in [0.29, 0.717) is 49.3 Å². The number of pyridine rings is 2. The molecule has 0 saturated heterocycles. The number of carbonyl (C=O) groups excluding carboxylic acids is 1. The normalized spacial score (nSPS) is 15.3. The van der Waals surface area contributed by atoms with E-state index in [1.807, 2.05) is 21.7 Å². The van der Waals surface area contributed by atoms with Gasteiger partial charge in [-0.3, -0.25) is 9.78 Å². The summed E-state index contributed by atoms with van der Waals surface area (Å²) in [6.07, 6.45) is 6.25. The van der Waals surface area contributed by atoms with Crippen LogP contribution in [-0.4, -0.2) is 46.1 Å². The largest absolute Gasteiger partial charge is 0.383 e. The molecular weight excluding hydrogens is 518 g/mol. The Morgan fingerprint density at radius 1 is 1.20 bits per heavy atom. The van der Waals surface area contributed by atoms with E-state index in [9.17, 15) is 4.79 Å². The van der Waals surface area contributed by atoms with Gasteiger partial charge in [-0.1, -0.05) is 33.5 Å². The number of hydrogen-bond donors (Lipinski definition) is 1. The summed E-state index contributed by atoms with van der Waals surface area (Å²) >= 11 is 0. The summed E-state index contributed by atoms with van der Waals surface area (Å²) in [7, 11) is -1.26. The van der Waals surface area contributed by atoms with Crippen LogP contribution < -0.4 is 5.73 Å². The van der Waals surface area contributed by atoms with Crippen LogP contribution >= 0.6 is 0 Å². The van der Waals surface area contributed by atoms with Gasteiger partial charge in [-0.05, 0) is 67.8 Å². The molecule has 3 aromatic heterocycles. The van der Waals surface area contributed by atoms with Crippen LogP contribution in [0.5, 0.6) is 0 Å². The molecule has 0 unspecified atom stereocenters. The Hall–Kier alpha value is -2.75. The van der Waals surface area contributed by atoms with Crippen molar-refractivity contribution in [1.82, 2.24) is 19.4 Å². The van der Waals surface area contributed by atoms with E-state index in [4.69, 9.17) is 25.2 Å². The van der Waals surface area contributed by atoms with E-state index < -0.39 is 8.07 Å². The molecule has 0 aromatic carbocycles. The van der Waals surface area contributed by atoms with Gasteiger partial charge in [0.25, 0.3) is 5.91 Å². The zero-order valence-corrected chi connectivity index (χ0v) is 26.0. The number of hydrogen-bond acceptors (Lipinski definition) is 6. The number of fused-ring (bicyclic) bond motifs is 3. The molecule has 8 nitrogen and oxygen atoms in total. The van der Waals surface area contributed by atoms with Crippen LogP contribution in [0.2, 0.25) is 25.7 Å². The molecule has 0 atom stereocenters. The molecule has 3 aromatic rings. The lowest BCUT2D eigenvalue weighted by Gasteiger charge is -2.31. The summed E-state index contributed by atoms with van der Waals surface area (Å²) in [5, 5.41) is 0. The second-order valence-corrected chi connectivity index (χ2v) is 18.3. The summed E-state index contributed by atoms with van der Waals surface area (Å²) in [5.74, 6) is 1.10. The molecule has 1 aliphatic carbocycles. The van der Waals surface area contributed by atoms with Gasteiger partial charge < -0.3 is 24.7 Å². The van der Waals surface area contributed by atoms with Gasteiger partial charge in [0.05, 0.1) is 36.5 Å². The first-order chi connectivity index (χ1) is 19.1. The Labute approximate surface area is 239 Å². The minimum atomic E-state index is -1.26.